The van der Waals surface area contributed by atoms with Gasteiger partial charge in [0.25, 0.3) is 5.91 Å². The van der Waals surface area contributed by atoms with Gasteiger partial charge in [-0.25, -0.2) is 4.52 Å². The van der Waals surface area contributed by atoms with Gasteiger partial charge in [-0.05, 0) is 0 Å². The van der Waals surface area contributed by atoms with Crippen LogP contribution in [0.1, 0.15) is 10.4 Å². The number of fused-ring (bicyclic) bond motifs is 1. The van der Waals surface area contributed by atoms with E-state index < -0.39 is 0 Å². The van der Waals surface area contributed by atoms with Crippen LogP contribution in [-0.2, 0) is 0 Å². The van der Waals surface area contributed by atoms with Crippen molar-refractivity contribution < 1.29 is 4.79 Å². The number of nitrogens with zero attached hydrogens (tertiary/aromatic N) is 5. The molecule has 0 aromatic carbocycles. The molecule has 0 atom stereocenters. The topological polar surface area (TPSA) is 79.8 Å². The Hall–Kier alpha value is -2.06. The van der Waals surface area contributed by atoms with E-state index in [0.717, 1.165) is 18.6 Å². The number of nitrogens with two attached hydrogens (primary N) is 1. The molecule has 1 aliphatic rings. The number of carbonyl (C=O) groups excluding carboxylic acids is 1. The third-order valence-corrected chi connectivity index (χ3v) is 3.72. The van der Waals surface area contributed by atoms with Gasteiger partial charge < -0.3 is 10.6 Å². The number of amides is 1. The smallest absolute Gasteiger partial charge is 0.257 e. The van der Waals surface area contributed by atoms with Crippen LogP contribution in [-0.4, -0.2) is 68.0 Å². The predicted octanol–water partition coefficient (Wildman–Crippen LogP) is -0.227. The first-order chi connectivity index (χ1) is 10.1. The van der Waals surface area contributed by atoms with E-state index >= 15 is 0 Å². The van der Waals surface area contributed by atoms with Crippen molar-refractivity contribution in [2.75, 3.05) is 32.7 Å². The molecule has 0 bridgehead atoms. The molecule has 0 saturated carbocycles. The van der Waals surface area contributed by atoms with Crippen LogP contribution < -0.4 is 5.73 Å². The summed E-state index contributed by atoms with van der Waals surface area (Å²) in [6.07, 6.45) is 6.62. The maximum absolute atomic E-state index is 12.6. The standard InChI is InChI=1S/C13H16N6OS/c14-12(21)9-17-3-5-18(6-4-17)13(20)10-7-16-19-2-1-15-8-11(10)19/h1-2,7-8H,3-6,9H2,(H2,14,21). The molecular weight excluding hydrogens is 288 g/mol. The highest BCUT2D eigenvalue weighted by molar-refractivity contribution is 7.80. The number of hydrogen-bond donors (Lipinski definition) is 1. The Bertz CT molecular complexity index is 676. The molecule has 3 rings (SSSR count). The molecule has 1 amide bonds. The van der Waals surface area contributed by atoms with Crippen LogP contribution in [0.5, 0.6) is 0 Å². The molecule has 8 heteroatoms. The zero-order valence-corrected chi connectivity index (χ0v) is 12.3. The van der Waals surface area contributed by atoms with Crippen LogP contribution in [0.3, 0.4) is 0 Å². The van der Waals surface area contributed by atoms with Crippen molar-refractivity contribution >= 4 is 28.6 Å². The monoisotopic (exact) mass is 304 g/mol. The minimum atomic E-state index is -0.00650. The van der Waals surface area contributed by atoms with E-state index in [1.807, 2.05) is 4.90 Å². The molecule has 2 aromatic rings. The summed E-state index contributed by atoms with van der Waals surface area (Å²) in [4.78, 5) is 21.1. The van der Waals surface area contributed by atoms with E-state index in [9.17, 15) is 4.79 Å². The summed E-state index contributed by atoms with van der Waals surface area (Å²) >= 11 is 4.91. The average Bonchev–Trinajstić information content (AvgIpc) is 2.90. The molecular formula is C13H16N6OS. The second-order valence-electron chi connectivity index (χ2n) is 5.00. The van der Waals surface area contributed by atoms with E-state index in [2.05, 4.69) is 15.0 Å². The molecule has 2 aromatic heterocycles. The Morgan fingerprint density at radius 2 is 2.05 bits per heavy atom. The number of carbonyl (C=O) groups is 1. The molecule has 3 heterocycles. The lowest BCUT2D eigenvalue weighted by atomic mass is 10.2. The van der Waals surface area contributed by atoms with Crippen LogP contribution in [0.25, 0.3) is 5.52 Å². The molecule has 0 unspecified atom stereocenters. The minimum absolute atomic E-state index is 0.00650. The van der Waals surface area contributed by atoms with Gasteiger partial charge >= 0.3 is 0 Å². The normalized spacial score (nSPS) is 16.3. The molecule has 0 aliphatic carbocycles. The van der Waals surface area contributed by atoms with Gasteiger partial charge in [0, 0.05) is 45.1 Å². The van der Waals surface area contributed by atoms with Crippen LogP contribution in [0.4, 0.5) is 0 Å². The van der Waals surface area contributed by atoms with Gasteiger partial charge in [-0.3, -0.25) is 14.7 Å². The zero-order valence-electron chi connectivity index (χ0n) is 11.5. The lowest BCUT2D eigenvalue weighted by molar-refractivity contribution is 0.0656. The largest absolute Gasteiger partial charge is 0.392 e. The zero-order chi connectivity index (χ0) is 14.8. The summed E-state index contributed by atoms with van der Waals surface area (Å²) in [5.74, 6) is -0.00650. The first-order valence-electron chi connectivity index (χ1n) is 6.72. The van der Waals surface area contributed by atoms with Crippen molar-refractivity contribution in [1.29, 1.82) is 0 Å². The first kappa shape index (κ1) is 13.9. The fourth-order valence-electron chi connectivity index (χ4n) is 2.50. The second kappa shape index (κ2) is 5.74. The number of thiocarbonyl (C=S) groups is 1. The summed E-state index contributed by atoms with van der Waals surface area (Å²) in [5, 5.41) is 4.17. The van der Waals surface area contributed by atoms with Gasteiger partial charge in [-0.15, -0.1) is 0 Å². The Labute approximate surface area is 127 Å². The van der Waals surface area contributed by atoms with Crippen molar-refractivity contribution in [3.63, 3.8) is 0 Å². The highest BCUT2D eigenvalue weighted by Crippen LogP contribution is 2.13. The molecule has 7 nitrogen and oxygen atoms in total. The van der Waals surface area contributed by atoms with Gasteiger partial charge in [-0.2, -0.15) is 5.10 Å². The molecule has 1 saturated heterocycles. The number of hydrogen-bond acceptors (Lipinski definition) is 5. The van der Waals surface area contributed by atoms with Crippen molar-refractivity contribution in [2.24, 2.45) is 5.73 Å². The van der Waals surface area contributed by atoms with Crippen molar-refractivity contribution in [1.82, 2.24) is 24.4 Å². The quantitative estimate of drug-likeness (QED) is 0.789. The van der Waals surface area contributed by atoms with E-state index in [-0.39, 0.29) is 5.91 Å². The van der Waals surface area contributed by atoms with Crippen LogP contribution in [0.15, 0.2) is 24.8 Å². The average molecular weight is 304 g/mol. The highest BCUT2D eigenvalue weighted by Gasteiger charge is 2.24. The van der Waals surface area contributed by atoms with Crippen molar-refractivity contribution in [2.45, 2.75) is 0 Å². The Kier molecular flexibility index (Phi) is 3.80. The molecule has 1 aliphatic heterocycles. The molecule has 21 heavy (non-hydrogen) atoms. The summed E-state index contributed by atoms with van der Waals surface area (Å²) in [6, 6.07) is 0. The van der Waals surface area contributed by atoms with Crippen molar-refractivity contribution in [3.8, 4) is 0 Å². The van der Waals surface area contributed by atoms with Crippen LogP contribution in [0, 0.1) is 0 Å². The number of rotatable bonds is 3. The fourth-order valence-corrected chi connectivity index (χ4v) is 2.68. The Morgan fingerprint density at radius 1 is 1.29 bits per heavy atom. The summed E-state index contributed by atoms with van der Waals surface area (Å²) in [7, 11) is 0. The number of piperazine rings is 1. The summed E-state index contributed by atoms with van der Waals surface area (Å²) in [6.45, 7) is 3.50. The van der Waals surface area contributed by atoms with Gasteiger partial charge in [0.1, 0.15) is 0 Å². The highest BCUT2D eigenvalue weighted by atomic mass is 32.1. The third kappa shape index (κ3) is 2.86. The predicted molar refractivity (Wildman–Crippen MR) is 82.1 cm³/mol. The summed E-state index contributed by atoms with van der Waals surface area (Å²) in [5.41, 5.74) is 6.87. The maximum atomic E-state index is 12.6. The van der Waals surface area contributed by atoms with Gasteiger partial charge in [-0.1, -0.05) is 12.2 Å². The lowest BCUT2D eigenvalue weighted by Crippen LogP contribution is -2.50. The van der Waals surface area contributed by atoms with Crippen LogP contribution >= 0.6 is 12.2 Å². The van der Waals surface area contributed by atoms with Gasteiger partial charge in [0.2, 0.25) is 0 Å². The van der Waals surface area contributed by atoms with E-state index in [1.165, 1.54) is 0 Å². The molecule has 0 radical (unpaired) electrons. The first-order valence-corrected chi connectivity index (χ1v) is 7.13. The molecule has 0 spiro atoms. The Balaban J connectivity index is 1.71. The van der Waals surface area contributed by atoms with E-state index in [0.29, 0.717) is 30.2 Å². The Morgan fingerprint density at radius 3 is 2.76 bits per heavy atom. The maximum Gasteiger partial charge on any atom is 0.257 e. The van der Waals surface area contributed by atoms with Crippen molar-refractivity contribution in [3.05, 3.63) is 30.4 Å². The number of aromatic nitrogens is 3. The fraction of sp³-hybridized carbons (Fsp3) is 0.385. The van der Waals surface area contributed by atoms with Crippen LogP contribution in [0.2, 0.25) is 0 Å². The molecule has 110 valence electrons. The third-order valence-electron chi connectivity index (χ3n) is 3.59. The van der Waals surface area contributed by atoms with Gasteiger partial charge in [0.15, 0.2) is 0 Å². The minimum Gasteiger partial charge on any atom is -0.392 e. The van der Waals surface area contributed by atoms with E-state index in [1.54, 1.807) is 29.3 Å². The van der Waals surface area contributed by atoms with E-state index in [4.69, 9.17) is 18.0 Å². The lowest BCUT2D eigenvalue weighted by Gasteiger charge is -2.34. The SMILES string of the molecule is NC(=S)CN1CCN(C(=O)c2cnn3ccncc23)CC1. The second-order valence-corrected chi connectivity index (χ2v) is 5.52. The van der Waals surface area contributed by atoms with Gasteiger partial charge in [0.05, 0.1) is 28.5 Å². The summed E-state index contributed by atoms with van der Waals surface area (Å²) < 4.78 is 1.66. The molecule has 2 N–H and O–H groups in total. The molecule has 1 fully saturated rings.